The number of thiazole rings is 1. The number of thiophene rings is 1. The fourth-order valence-corrected chi connectivity index (χ4v) is 5.04. The molecule has 0 saturated heterocycles. The zero-order valence-corrected chi connectivity index (χ0v) is 19.6. The van der Waals surface area contributed by atoms with Crippen molar-refractivity contribution in [1.29, 1.82) is 0 Å². The number of nitrogens with zero attached hydrogens (tertiary/aromatic N) is 2. The Bertz CT molecular complexity index is 1180. The van der Waals surface area contributed by atoms with Crippen LogP contribution in [0.2, 0.25) is 0 Å². The molecule has 0 bridgehead atoms. The molecule has 4 rings (SSSR count). The van der Waals surface area contributed by atoms with Gasteiger partial charge in [0.1, 0.15) is 10.7 Å². The first-order valence-corrected chi connectivity index (χ1v) is 12.5. The SMILES string of the molecule is NC(=O)CCCCC[C@H](NC(=O)c1cncs1)c1ncc(-c2ccc(-c3ccccc3)s2)[nH]1. The lowest BCUT2D eigenvalue weighted by Gasteiger charge is -2.16. The molecular formula is C24H25N5O2S2. The van der Waals surface area contributed by atoms with E-state index >= 15 is 0 Å². The maximum atomic E-state index is 12.7. The van der Waals surface area contributed by atoms with Gasteiger partial charge in [0.25, 0.3) is 5.91 Å². The minimum absolute atomic E-state index is 0.167. The average Bonchev–Trinajstić information content (AvgIpc) is 3.60. The second-order valence-corrected chi connectivity index (χ2v) is 9.64. The fraction of sp³-hybridized carbons (Fsp3) is 0.250. The van der Waals surface area contributed by atoms with Gasteiger partial charge in [-0.1, -0.05) is 43.2 Å². The molecule has 0 aliphatic carbocycles. The minimum Gasteiger partial charge on any atom is -0.370 e. The van der Waals surface area contributed by atoms with Gasteiger partial charge in [-0.2, -0.15) is 0 Å². The lowest BCUT2D eigenvalue weighted by molar-refractivity contribution is -0.118. The van der Waals surface area contributed by atoms with Gasteiger partial charge < -0.3 is 16.0 Å². The van der Waals surface area contributed by atoms with Crippen molar-refractivity contribution < 1.29 is 9.59 Å². The van der Waals surface area contributed by atoms with Gasteiger partial charge in [0.2, 0.25) is 5.91 Å². The summed E-state index contributed by atoms with van der Waals surface area (Å²) in [6.07, 6.45) is 6.90. The summed E-state index contributed by atoms with van der Waals surface area (Å²) < 4.78 is 0. The van der Waals surface area contributed by atoms with E-state index in [-0.39, 0.29) is 17.9 Å². The van der Waals surface area contributed by atoms with Gasteiger partial charge in [-0.25, -0.2) is 4.98 Å². The predicted molar refractivity (Wildman–Crippen MR) is 132 cm³/mol. The molecule has 3 aromatic heterocycles. The zero-order valence-electron chi connectivity index (χ0n) is 18.0. The smallest absolute Gasteiger partial charge is 0.263 e. The van der Waals surface area contributed by atoms with Crippen LogP contribution < -0.4 is 11.1 Å². The molecule has 33 heavy (non-hydrogen) atoms. The monoisotopic (exact) mass is 479 g/mol. The van der Waals surface area contributed by atoms with Gasteiger partial charge in [-0.15, -0.1) is 22.7 Å². The molecule has 3 heterocycles. The Morgan fingerprint density at radius 2 is 1.85 bits per heavy atom. The van der Waals surface area contributed by atoms with Crippen LogP contribution in [-0.4, -0.2) is 26.8 Å². The molecule has 0 aliphatic rings. The number of carbonyl (C=O) groups is 2. The summed E-state index contributed by atoms with van der Waals surface area (Å²) in [5.74, 6) is 0.263. The molecule has 7 nitrogen and oxygen atoms in total. The summed E-state index contributed by atoms with van der Waals surface area (Å²) in [6.45, 7) is 0. The van der Waals surface area contributed by atoms with Gasteiger partial charge in [0.15, 0.2) is 0 Å². The number of hydrogen-bond donors (Lipinski definition) is 3. The summed E-state index contributed by atoms with van der Waals surface area (Å²) in [7, 11) is 0. The van der Waals surface area contributed by atoms with E-state index in [1.165, 1.54) is 21.8 Å². The van der Waals surface area contributed by atoms with Crippen LogP contribution in [0.5, 0.6) is 0 Å². The van der Waals surface area contributed by atoms with E-state index in [1.807, 2.05) is 24.4 Å². The number of benzene rings is 1. The lowest BCUT2D eigenvalue weighted by atomic mass is 10.1. The van der Waals surface area contributed by atoms with Crippen molar-refractivity contribution in [2.75, 3.05) is 0 Å². The summed E-state index contributed by atoms with van der Waals surface area (Å²) in [6, 6.07) is 14.2. The molecule has 1 atom stereocenters. The molecule has 9 heteroatoms. The normalized spacial score (nSPS) is 11.9. The number of nitrogens with two attached hydrogens (primary N) is 1. The highest BCUT2D eigenvalue weighted by molar-refractivity contribution is 7.18. The maximum Gasteiger partial charge on any atom is 0.263 e. The number of nitrogens with one attached hydrogen (secondary N) is 2. The molecule has 0 spiro atoms. The first kappa shape index (κ1) is 22.9. The van der Waals surface area contributed by atoms with E-state index in [0.29, 0.717) is 23.5 Å². The average molecular weight is 480 g/mol. The van der Waals surface area contributed by atoms with Crippen LogP contribution in [0.15, 0.2) is 60.4 Å². The quantitative estimate of drug-likeness (QED) is 0.258. The summed E-state index contributed by atoms with van der Waals surface area (Å²) >= 11 is 3.00. The molecule has 4 N–H and O–H groups in total. The fourth-order valence-electron chi connectivity index (χ4n) is 3.54. The minimum atomic E-state index is -0.286. The Labute approximate surface area is 200 Å². The Balaban J connectivity index is 1.47. The van der Waals surface area contributed by atoms with E-state index in [0.717, 1.165) is 29.8 Å². The first-order valence-electron chi connectivity index (χ1n) is 10.8. The number of amides is 2. The number of imidazole rings is 1. The molecule has 0 saturated carbocycles. The van der Waals surface area contributed by atoms with E-state index in [9.17, 15) is 9.59 Å². The van der Waals surface area contributed by atoms with Crippen molar-refractivity contribution in [3.63, 3.8) is 0 Å². The van der Waals surface area contributed by atoms with Crippen molar-refractivity contribution in [3.05, 3.63) is 71.1 Å². The highest BCUT2D eigenvalue weighted by Crippen LogP contribution is 2.34. The van der Waals surface area contributed by atoms with Gasteiger partial charge >= 0.3 is 0 Å². The third-order valence-electron chi connectivity index (χ3n) is 5.23. The lowest BCUT2D eigenvalue weighted by Crippen LogP contribution is -2.28. The van der Waals surface area contributed by atoms with Crippen molar-refractivity contribution >= 4 is 34.5 Å². The van der Waals surface area contributed by atoms with Gasteiger partial charge in [-0.3, -0.25) is 14.6 Å². The van der Waals surface area contributed by atoms with Crippen LogP contribution in [0, 0.1) is 0 Å². The Morgan fingerprint density at radius 3 is 2.61 bits per heavy atom. The van der Waals surface area contributed by atoms with Gasteiger partial charge in [0, 0.05) is 11.3 Å². The van der Waals surface area contributed by atoms with Gasteiger partial charge in [0.05, 0.1) is 34.5 Å². The molecule has 1 aromatic carbocycles. The molecule has 0 radical (unpaired) electrons. The number of aromatic nitrogens is 3. The molecule has 170 valence electrons. The Kier molecular flexibility index (Phi) is 7.64. The van der Waals surface area contributed by atoms with E-state index < -0.39 is 0 Å². The second kappa shape index (κ2) is 11.0. The number of rotatable bonds is 11. The number of H-pyrrole nitrogens is 1. The summed E-state index contributed by atoms with van der Waals surface area (Å²) in [5.41, 5.74) is 8.97. The van der Waals surface area contributed by atoms with Gasteiger partial charge in [-0.05, 0) is 30.5 Å². The molecule has 0 fully saturated rings. The predicted octanol–water partition coefficient (Wildman–Crippen LogP) is 5.17. The Morgan fingerprint density at radius 1 is 1.03 bits per heavy atom. The topological polar surface area (TPSA) is 114 Å². The highest BCUT2D eigenvalue weighted by atomic mass is 32.1. The summed E-state index contributed by atoms with van der Waals surface area (Å²) in [4.78, 5) is 38.4. The largest absolute Gasteiger partial charge is 0.370 e. The molecule has 0 aliphatic heterocycles. The van der Waals surface area contributed by atoms with E-state index in [4.69, 9.17) is 5.73 Å². The molecule has 2 amide bonds. The molecule has 0 unspecified atom stereocenters. The molecular weight excluding hydrogens is 454 g/mol. The first-order chi connectivity index (χ1) is 16.1. The zero-order chi connectivity index (χ0) is 23.0. The van der Waals surface area contributed by atoms with E-state index in [2.05, 4.69) is 44.5 Å². The number of hydrogen-bond acceptors (Lipinski definition) is 6. The summed E-state index contributed by atoms with van der Waals surface area (Å²) in [5, 5.41) is 3.08. The van der Waals surface area contributed by atoms with Crippen molar-refractivity contribution in [3.8, 4) is 21.0 Å². The van der Waals surface area contributed by atoms with Crippen LogP contribution in [0.1, 0.15) is 53.6 Å². The number of carbonyl (C=O) groups excluding carboxylic acids is 2. The Hall–Kier alpha value is -3.30. The van der Waals surface area contributed by atoms with Crippen LogP contribution in [-0.2, 0) is 4.79 Å². The second-order valence-electron chi connectivity index (χ2n) is 7.67. The van der Waals surface area contributed by atoms with Crippen LogP contribution in [0.25, 0.3) is 21.0 Å². The maximum absolute atomic E-state index is 12.7. The number of aromatic amines is 1. The third-order valence-corrected chi connectivity index (χ3v) is 7.17. The molecule has 4 aromatic rings. The number of unbranched alkanes of at least 4 members (excludes halogenated alkanes) is 2. The highest BCUT2D eigenvalue weighted by Gasteiger charge is 2.20. The van der Waals surface area contributed by atoms with Crippen LogP contribution in [0.3, 0.4) is 0 Å². The van der Waals surface area contributed by atoms with Crippen molar-refractivity contribution in [2.24, 2.45) is 5.73 Å². The standard InChI is InChI=1S/C24H25N5O2S2/c25-22(30)10-6-2-5-9-17(29-24(31)21-14-26-15-32-21)23-27-13-18(28-23)20-12-11-19(33-20)16-7-3-1-4-8-16/h1,3-4,7-8,11-15,17H,2,5-6,9-10H2,(H2,25,30)(H,27,28)(H,29,31)/t17-/m0/s1. The van der Waals surface area contributed by atoms with Crippen molar-refractivity contribution in [2.45, 2.75) is 38.1 Å². The third kappa shape index (κ3) is 6.15. The van der Waals surface area contributed by atoms with Crippen LogP contribution >= 0.6 is 22.7 Å². The van der Waals surface area contributed by atoms with Crippen LogP contribution in [0.4, 0.5) is 0 Å². The number of primary amides is 1. The van der Waals surface area contributed by atoms with E-state index in [1.54, 1.807) is 23.0 Å². The van der Waals surface area contributed by atoms with Crippen molar-refractivity contribution in [1.82, 2.24) is 20.3 Å².